The molecule has 1 saturated carbocycles. The van der Waals surface area contributed by atoms with Crippen molar-refractivity contribution >= 4 is 5.91 Å². The van der Waals surface area contributed by atoms with Crippen LogP contribution in [0.5, 0.6) is 0 Å². The van der Waals surface area contributed by atoms with Crippen molar-refractivity contribution in [2.75, 3.05) is 6.54 Å². The Labute approximate surface area is 99.4 Å². The Hall–Kier alpha value is -0.570. The lowest BCUT2D eigenvalue weighted by molar-refractivity contribution is -0.123. The highest BCUT2D eigenvalue weighted by Gasteiger charge is 2.20. The molecule has 0 aromatic heterocycles. The van der Waals surface area contributed by atoms with Crippen molar-refractivity contribution in [3.8, 4) is 0 Å². The predicted octanol–water partition coefficient (Wildman–Crippen LogP) is 2.07. The van der Waals surface area contributed by atoms with Gasteiger partial charge in [-0.2, -0.15) is 0 Å². The first kappa shape index (κ1) is 13.5. The highest BCUT2D eigenvalue weighted by atomic mass is 16.2. The first-order valence-electron chi connectivity index (χ1n) is 6.67. The molecule has 0 bridgehead atoms. The Balaban J connectivity index is 2.13. The van der Waals surface area contributed by atoms with E-state index in [0.29, 0.717) is 6.04 Å². The molecule has 3 nitrogen and oxygen atoms in total. The van der Waals surface area contributed by atoms with Crippen LogP contribution in [-0.4, -0.2) is 24.5 Å². The maximum Gasteiger partial charge on any atom is 0.237 e. The number of rotatable bonds is 7. The molecular formula is C13H26N2O. The number of carbonyl (C=O) groups excluding carboxylic acids is 1. The van der Waals surface area contributed by atoms with Gasteiger partial charge < -0.3 is 10.6 Å². The molecule has 16 heavy (non-hydrogen) atoms. The topological polar surface area (TPSA) is 41.1 Å². The van der Waals surface area contributed by atoms with Crippen molar-refractivity contribution in [2.45, 2.75) is 65.0 Å². The van der Waals surface area contributed by atoms with Crippen molar-refractivity contribution in [3.05, 3.63) is 0 Å². The standard InChI is InChI=1S/C13H26N2O/c1-4-6-10(2)15-13(16)11(3)14-9-12-7-5-8-12/h10-12,14H,4-9H2,1-3H3,(H,15,16). The van der Waals surface area contributed by atoms with E-state index in [-0.39, 0.29) is 11.9 Å². The fraction of sp³-hybridized carbons (Fsp3) is 0.923. The van der Waals surface area contributed by atoms with Crippen LogP contribution in [0.3, 0.4) is 0 Å². The van der Waals surface area contributed by atoms with Gasteiger partial charge in [0.05, 0.1) is 6.04 Å². The Morgan fingerprint density at radius 3 is 2.56 bits per heavy atom. The number of hydrogen-bond acceptors (Lipinski definition) is 2. The smallest absolute Gasteiger partial charge is 0.237 e. The minimum Gasteiger partial charge on any atom is -0.352 e. The van der Waals surface area contributed by atoms with E-state index in [1.165, 1.54) is 19.3 Å². The van der Waals surface area contributed by atoms with E-state index in [2.05, 4.69) is 24.5 Å². The molecule has 1 aliphatic carbocycles. The van der Waals surface area contributed by atoms with E-state index in [0.717, 1.165) is 25.3 Å². The average molecular weight is 226 g/mol. The molecule has 3 heteroatoms. The first-order chi connectivity index (χ1) is 7.63. The zero-order valence-corrected chi connectivity index (χ0v) is 10.9. The van der Waals surface area contributed by atoms with Gasteiger partial charge in [0.15, 0.2) is 0 Å². The van der Waals surface area contributed by atoms with Gasteiger partial charge in [-0.05, 0) is 45.6 Å². The highest BCUT2D eigenvalue weighted by Crippen LogP contribution is 2.25. The number of amides is 1. The lowest BCUT2D eigenvalue weighted by Gasteiger charge is -2.27. The molecule has 0 aromatic carbocycles. The lowest BCUT2D eigenvalue weighted by Crippen LogP contribution is -2.47. The number of carbonyl (C=O) groups is 1. The molecule has 1 rings (SSSR count). The highest BCUT2D eigenvalue weighted by molar-refractivity contribution is 5.81. The van der Waals surface area contributed by atoms with Gasteiger partial charge in [0.2, 0.25) is 5.91 Å². The predicted molar refractivity (Wildman–Crippen MR) is 67.3 cm³/mol. The first-order valence-corrected chi connectivity index (χ1v) is 6.67. The van der Waals surface area contributed by atoms with Gasteiger partial charge in [-0.3, -0.25) is 4.79 Å². The lowest BCUT2D eigenvalue weighted by atomic mass is 9.85. The maximum atomic E-state index is 11.8. The molecule has 0 heterocycles. The molecule has 2 unspecified atom stereocenters. The molecule has 2 atom stereocenters. The summed E-state index contributed by atoms with van der Waals surface area (Å²) in [5.74, 6) is 0.948. The third-order valence-corrected chi connectivity index (χ3v) is 3.44. The van der Waals surface area contributed by atoms with Crippen LogP contribution in [0.4, 0.5) is 0 Å². The number of hydrogen-bond donors (Lipinski definition) is 2. The Kier molecular flexibility index (Phi) is 5.81. The van der Waals surface area contributed by atoms with Crippen LogP contribution in [0.15, 0.2) is 0 Å². The Morgan fingerprint density at radius 1 is 1.38 bits per heavy atom. The molecule has 0 radical (unpaired) electrons. The van der Waals surface area contributed by atoms with Crippen LogP contribution in [0, 0.1) is 5.92 Å². The zero-order valence-electron chi connectivity index (χ0n) is 10.9. The van der Waals surface area contributed by atoms with E-state index in [9.17, 15) is 4.79 Å². The normalized spacial score (nSPS) is 19.9. The SMILES string of the molecule is CCCC(C)NC(=O)C(C)NCC1CCC1. The molecule has 0 spiro atoms. The minimum atomic E-state index is -0.0556. The molecule has 1 amide bonds. The quantitative estimate of drug-likeness (QED) is 0.698. The molecular weight excluding hydrogens is 200 g/mol. The zero-order chi connectivity index (χ0) is 12.0. The third-order valence-electron chi connectivity index (χ3n) is 3.44. The minimum absolute atomic E-state index is 0.0556. The van der Waals surface area contributed by atoms with Crippen molar-refractivity contribution in [1.29, 1.82) is 0 Å². The van der Waals surface area contributed by atoms with Gasteiger partial charge in [0, 0.05) is 6.04 Å². The molecule has 0 saturated heterocycles. The van der Waals surface area contributed by atoms with Crippen molar-refractivity contribution in [3.63, 3.8) is 0 Å². The van der Waals surface area contributed by atoms with Crippen molar-refractivity contribution in [2.24, 2.45) is 5.92 Å². The second-order valence-corrected chi connectivity index (χ2v) is 5.13. The van der Waals surface area contributed by atoms with Gasteiger partial charge in [-0.15, -0.1) is 0 Å². The second kappa shape index (κ2) is 6.89. The van der Waals surface area contributed by atoms with Gasteiger partial charge >= 0.3 is 0 Å². The van der Waals surface area contributed by atoms with E-state index in [1.807, 2.05) is 6.92 Å². The van der Waals surface area contributed by atoms with E-state index < -0.39 is 0 Å². The molecule has 0 aromatic rings. The summed E-state index contributed by atoms with van der Waals surface area (Å²) in [6.07, 6.45) is 6.19. The van der Waals surface area contributed by atoms with Crippen molar-refractivity contribution < 1.29 is 4.79 Å². The summed E-state index contributed by atoms with van der Waals surface area (Å²) >= 11 is 0. The maximum absolute atomic E-state index is 11.8. The molecule has 1 aliphatic rings. The van der Waals surface area contributed by atoms with Crippen LogP contribution in [0.25, 0.3) is 0 Å². The van der Waals surface area contributed by atoms with Crippen LogP contribution >= 0.6 is 0 Å². The summed E-state index contributed by atoms with van der Waals surface area (Å²) < 4.78 is 0. The summed E-state index contributed by atoms with van der Waals surface area (Å²) in [4.78, 5) is 11.8. The van der Waals surface area contributed by atoms with Gasteiger partial charge in [0.1, 0.15) is 0 Å². The van der Waals surface area contributed by atoms with E-state index in [1.54, 1.807) is 0 Å². The Morgan fingerprint density at radius 2 is 2.06 bits per heavy atom. The Bertz CT molecular complexity index is 214. The van der Waals surface area contributed by atoms with E-state index in [4.69, 9.17) is 0 Å². The largest absolute Gasteiger partial charge is 0.352 e. The van der Waals surface area contributed by atoms with Gasteiger partial charge in [-0.25, -0.2) is 0 Å². The van der Waals surface area contributed by atoms with Gasteiger partial charge in [0.25, 0.3) is 0 Å². The summed E-state index contributed by atoms with van der Waals surface area (Å²) in [5.41, 5.74) is 0. The molecule has 1 fully saturated rings. The average Bonchev–Trinajstić information content (AvgIpc) is 2.15. The third kappa shape index (κ3) is 4.52. The summed E-state index contributed by atoms with van der Waals surface area (Å²) in [5, 5.41) is 6.36. The monoisotopic (exact) mass is 226 g/mol. The van der Waals surface area contributed by atoms with Crippen molar-refractivity contribution in [1.82, 2.24) is 10.6 Å². The van der Waals surface area contributed by atoms with Crippen LogP contribution in [-0.2, 0) is 4.79 Å². The summed E-state index contributed by atoms with van der Waals surface area (Å²) in [7, 11) is 0. The fourth-order valence-corrected chi connectivity index (χ4v) is 2.01. The van der Waals surface area contributed by atoms with Crippen LogP contribution < -0.4 is 10.6 Å². The number of nitrogens with one attached hydrogen (secondary N) is 2. The molecule has 0 aliphatic heterocycles. The fourth-order valence-electron chi connectivity index (χ4n) is 2.01. The summed E-state index contributed by atoms with van der Waals surface area (Å²) in [6, 6.07) is 0.241. The second-order valence-electron chi connectivity index (χ2n) is 5.13. The summed E-state index contributed by atoms with van der Waals surface area (Å²) in [6.45, 7) is 7.16. The molecule has 94 valence electrons. The molecule has 2 N–H and O–H groups in total. The van der Waals surface area contributed by atoms with Gasteiger partial charge in [-0.1, -0.05) is 19.8 Å². The van der Waals surface area contributed by atoms with Crippen LogP contribution in [0.1, 0.15) is 52.9 Å². The van der Waals surface area contributed by atoms with E-state index >= 15 is 0 Å². The van der Waals surface area contributed by atoms with Crippen LogP contribution in [0.2, 0.25) is 0 Å².